The highest BCUT2D eigenvalue weighted by Gasteiger charge is 2.17. The molecule has 0 fully saturated rings. The topological polar surface area (TPSA) is 61.9 Å². The first-order valence-electron chi connectivity index (χ1n) is 6.63. The molecule has 2 aromatic rings. The Labute approximate surface area is 122 Å². The zero-order valence-corrected chi connectivity index (χ0v) is 11.7. The van der Waals surface area contributed by atoms with Gasteiger partial charge in [-0.05, 0) is 36.8 Å². The molecule has 6 heteroatoms. The van der Waals surface area contributed by atoms with Crippen LogP contribution < -0.4 is 0 Å². The lowest BCUT2D eigenvalue weighted by atomic mass is 10.3. The summed E-state index contributed by atoms with van der Waals surface area (Å²) in [6.45, 7) is 2.49. The van der Waals surface area contributed by atoms with Crippen LogP contribution in [0.2, 0.25) is 0 Å². The predicted molar refractivity (Wildman–Crippen MR) is 75.3 cm³/mol. The van der Waals surface area contributed by atoms with Crippen LogP contribution in [0.15, 0.2) is 36.5 Å². The molecule has 1 amide bonds. The zero-order chi connectivity index (χ0) is 15.2. The standard InChI is InChI=1S/C15H15FN4O/c1-2-9-19(11-8-17)15(21)14-7-10-20(18-14)13-5-3-12(16)4-6-13/h3-7,10H,2,9,11H2,1H3. The van der Waals surface area contributed by atoms with Gasteiger partial charge in [-0.2, -0.15) is 10.4 Å². The SMILES string of the molecule is CCCN(CC#N)C(=O)c1ccn(-c2ccc(F)cc2)n1. The highest BCUT2D eigenvalue weighted by atomic mass is 19.1. The van der Waals surface area contributed by atoms with Crippen LogP contribution in [0.3, 0.4) is 0 Å². The van der Waals surface area contributed by atoms with E-state index in [-0.39, 0.29) is 24.0 Å². The van der Waals surface area contributed by atoms with Crippen molar-refractivity contribution in [3.63, 3.8) is 0 Å². The molecule has 0 bridgehead atoms. The fourth-order valence-electron chi connectivity index (χ4n) is 1.95. The van der Waals surface area contributed by atoms with Crippen molar-refractivity contribution in [2.24, 2.45) is 0 Å². The van der Waals surface area contributed by atoms with Gasteiger partial charge in [-0.1, -0.05) is 6.92 Å². The molecule has 5 nitrogen and oxygen atoms in total. The van der Waals surface area contributed by atoms with Crippen LogP contribution in [-0.4, -0.2) is 33.7 Å². The summed E-state index contributed by atoms with van der Waals surface area (Å²) in [5.74, 6) is -0.607. The Hall–Kier alpha value is -2.68. The second kappa shape index (κ2) is 6.66. The van der Waals surface area contributed by atoms with Crippen LogP contribution in [0.5, 0.6) is 0 Å². The van der Waals surface area contributed by atoms with Crippen molar-refractivity contribution in [1.82, 2.24) is 14.7 Å². The summed E-state index contributed by atoms with van der Waals surface area (Å²) in [5, 5.41) is 13.0. The number of amides is 1. The minimum absolute atomic E-state index is 0.0378. The molecular weight excluding hydrogens is 271 g/mol. The van der Waals surface area contributed by atoms with Crippen molar-refractivity contribution in [2.45, 2.75) is 13.3 Å². The summed E-state index contributed by atoms with van der Waals surface area (Å²) in [6.07, 6.45) is 2.41. The highest BCUT2D eigenvalue weighted by Crippen LogP contribution is 2.10. The van der Waals surface area contributed by atoms with Gasteiger partial charge < -0.3 is 4.90 Å². The second-order valence-electron chi connectivity index (χ2n) is 4.51. The normalized spacial score (nSPS) is 10.1. The third-order valence-corrected chi connectivity index (χ3v) is 2.94. The van der Waals surface area contributed by atoms with Crippen molar-refractivity contribution >= 4 is 5.91 Å². The lowest BCUT2D eigenvalue weighted by Gasteiger charge is -2.16. The molecule has 0 aliphatic carbocycles. The van der Waals surface area contributed by atoms with E-state index in [2.05, 4.69) is 5.10 Å². The summed E-state index contributed by atoms with van der Waals surface area (Å²) in [5.41, 5.74) is 0.931. The molecule has 0 unspecified atom stereocenters. The molecule has 1 aromatic heterocycles. The molecule has 0 saturated heterocycles. The van der Waals surface area contributed by atoms with Gasteiger partial charge in [-0.3, -0.25) is 4.79 Å². The van der Waals surface area contributed by atoms with E-state index in [1.54, 1.807) is 24.4 Å². The summed E-state index contributed by atoms with van der Waals surface area (Å²) in [6, 6.07) is 9.39. The average Bonchev–Trinajstić information content (AvgIpc) is 2.97. The summed E-state index contributed by atoms with van der Waals surface area (Å²) in [7, 11) is 0. The molecule has 0 aliphatic heterocycles. The van der Waals surface area contributed by atoms with E-state index >= 15 is 0 Å². The minimum atomic E-state index is -0.328. The van der Waals surface area contributed by atoms with Crippen molar-refractivity contribution < 1.29 is 9.18 Å². The molecule has 1 heterocycles. The molecule has 0 N–H and O–H groups in total. The molecule has 1 aromatic carbocycles. The Kier molecular flexibility index (Phi) is 4.67. The number of carbonyl (C=O) groups is 1. The predicted octanol–water partition coefficient (Wildman–Crippen LogP) is 2.39. The van der Waals surface area contributed by atoms with Gasteiger partial charge in [0, 0.05) is 12.7 Å². The molecule has 0 atom stereocenters. The number of carbonyl (C=O) groups excluding carboxylic acids is 1. The summed E-state index contributed by atoms with van der Waals surface area (Å²) < 4.78 is 14.4. The number of hydrogen-bond acceptors (Lipinski definition) is 3. The van der Waals surface area contributed by atoms with Crippen LogP contribution in [0, 0.1) is 17.1 Å². The van der Waals surface area contributed by atoms with Gasteiger partial charge in [0.2, 0.25) is 0 Å². The third kappa shape index (κ3) is 3.45. The van der Waals surface area contributed by atoms with E-state index in [4.69, 9.17) is 5.26 Å². The van der Waals surface area contributed by atoms with Gasteiger partial charge >= 0.3 is 0 Å². The second-order valence-corrected chi connectivity index (χ2v) is 4.51. The molecule has 0 aliphatic rings. The quantitative estimate of drug-likeness (QED) is 0.793. The maximum Gasteiger partial charge on any atom is 0.275 e. The molecule has 108 valence electrons. The lowest BCUT2D eigenvalue weighted by Crippen LogP contribution is -2.32. The summed E-state index contributed by atoms with van der Waals surface area (Å²) in [4.78, 5) is 13.7. The van der Waals surface area contributed by atoms with Gasteiger partial charge in [0.15, 0.2) is 5.69 Å². The van der Waals surface area contributed by atoms with E-state index in [1.807, 2.05) is 13.0 Å². The third-order valence-electron chi connectivity index (χ3n) is 2.94. The Morgan fingerprint density at radius 1 is 1.38 bits per heavy atom. The van der Waals surface area contributed by atoms with E-state index in [0.29, 0.717) is 12.2 Å². The first-order chi connectivity index (χ1) is 10.2. The van der Waals surface area contributed by atoms with Crippen LogP contribution in [0.25, 0.3) is 5.69 Å². The number of nitriles is 1. The van der Waals surface area contributed by atoms with E-state index in [0.717, 1.165) is 6.42 Å². The Morgan fingerprint density at radius 2 is 2.10 bits per heavy atom. The maximum absolute atomic E-state index is 12.9. The number of hydrogen-bond donors (Lipinski definition) is 0. The fourth-order valence-corrected chi connectivity index (χ4v) is 1.95. The lowest BCUT2D eigenvalue weighted by molar-refractivity contribution is 0.0770. The largest absolute Gasteiger partial charge is 0.324 e. The van der Waals surface area contributed by atoms with Crippen molar-refractivity contribution in [3.8, 4) is 11.8 Å². The molecule has 21 heavy (non-hydrogen) atoms. The number of benzene rings is 1. The van der Waals surface area contributed by atoms with Gasteiger partial charge in [0.1, 0.15) is 12.4 Å². The van der Waals surface area contributed by atoms with E-state index < -0.39 is 0 Å². The molecule has 0 spiro atoms. The minimum Gasteiger partial charge on any atom is -0.324 e. The Morgan fingerprint density at radius 3 is 2.71 bits per heavy atom. The van der Waals surface area contributed by atoms with E-state index in [1.165, 1.54) is 21.7 Å². The van der Waals surface area contributed by atoms with Crippen LogP contribution in [0.1, 0.15) is 23.8 Å². The fraction of sp³-hybridized carbons (Fsp3) is 0.267. The Bertz CT molecular complexity index is 657. The van der Waals surface area contributed by atoms with Crippen LogP contribution >= 0.6 is 0 Å². The first kappa shape index (κ1) is 14.7. The number of nitrogens with zero attached hydrogens (tertiary/aromatic N) is 4. The van der Waals surface area contributed by atoms with Gasteiger partial charge in [-0.15, -0.1) is 0 Å². The average molecular weight is 286 g/mol. The number of aromatic nitrogens is 2. The van der Waals surface area contributed by atoms with Gasteiger partial charge in [-0.25, -0.2) is 9.07 Å². The molecule has 0 radical (unpaired) electrons. The zero-order valence-electron chi connectivity index (χ0n) is 11.7. The molecular formula is C15H15FN4O. The summed E-state index contributed by atoms with van der Waals surface area (Å²) >= 11 is 0. The number of rotatable bonds is 5. The van der Waals surface area contributed by atoms with Gasteiger partial charge in [0.05, 0.1) is 11.8 Å². The van der Waals surface area contributed by atoms with Crippen molar-refractivity contribution in [1.29, 1.82) is 5.26 Å². The first-order valence-corrected chi connectivity index (χ1v) is 6.63. The van der Waals surface area contributed by atoms with Crippen molar-refractivity contribution in [2.75, 3.05) is 13.1 Å². The Balaban J connectivity index is 2.20. The van der Waals surface area contributed by atoms with Crippen molar-refractivity contribution in [3.05, 3.63) is 48.0 Å². The maximum atomic E-state index is 12.9. The van der Waals surface area contributed by atoms with E-state index in [9.17, 15) is 9.18 Å². The molecule has 2 rings (SSSR count). The molecule has 0 saturated carbocycles. The number of halogens is 1. The smallest absolute Gasteiger partial charge is 0.275 e. The van der Waals surface area contributed by atoms with Crippen LogP contribution in [0.4, 0.5) is 4.39 Å². The van der Waals surface area contributed by atoms with Gasteiger partial charge in [0.25, 0.3) is 5.91 Å². The highest BCUT2D eigenvalue weighted by molar-refractivity contribution is 5.92. The van der Waals surface area contributed by atoms with Crippen LogP contribution in [-0.2, 0) is 0 Å². The monoisotopic (exact) mass is 286 g/mol.